The maximum absolute atomic E-state index is 12.2. The van der Waals surface area contributed by atoms with E-state index in [-0.39, 0.29) is 12.5 Å². The van der Waals surface area contributed by atoms with E-state index >= 15 is 0 Å². The van der Waals surface area contributed by atoms with E-state index in [1.807, 2.05) is 0 Å². The van der Waals surface area contributed by atoms with Gasteiger partial charge in [0.25, 0.3) is 5.91 Å². The van der Waals surface area contributed by atoms with Gasteiger partial charge in [0.15, 0.2) is 0 Å². The number of carbonyl (C=O) groups excluding carboxylic acids is 2. The number of piperazine rings is 1. The molecular weight excluding hydrogens is 248 g/mol. The first-order valence-corrected chi connectivity index (χ1v) is 5.92. The quantitative estimate of drug-likeness (QED) is 0.749. The van der Waals surface area contributed by atoms with Crippen molar-refractivity contribution in [3.05, 3.63) is 35.4 Å². The summed E-state index contributed by atoms with van der Waals surface area (Å²) in [4.78, 5) is 35.3. The smallest absolute Gasteiger partial charge is 0.322 e. The lowest BCUT2D eigenvalue weighted by atomic mass is 10.1. The Morgan fingerprint density at radius 2 is 2.21 bits per heavy atom. The van der Waals surface area contributed by atoms with Gasteiger partial charge in [0, 0.05) is 30.8 Å². The van der Waals surface area contributed by atoms with Crippen LogP contribution in [0.4, 0.5) is 0 Å². The van der Waals surface area contributed by atoms with Gasteiger partial charge in [-0.05, 0) is 12.1 Å². The summed E-state index contributed by atoms with van der Waals surface area (Å²) >= 11 is 0. The molecule has 1 fully saturated rings. The number of benzene rings is 1. The highest BCUT2D eigenvalue weighted by molar-refractivity contribution is 5.96. The van der Waals surface area contributed by atoms with Crippen molar-refractivity contribution in [2.24, 2.45) is 0 Å². The molecule has 0 aliphatic carbocycles. The number of nitrogens with zero attached hydrogens (tertiary/aromatic N) is 1. The zero-order valence-corrected chi connectivity index (χ0v) is 10.2. The number of aliphatic carboxylic acids is 1. The first-order chi connectivity index (χ1) is 9.11. The van der Waals surface area contributed by atoms with Crippen LogP contribution in [0.1, 0.15) is 20.7 Å². The van der Waals surface area contributed by atoms with Gasteiger partial charge in [-0.1, -0.05) is 12.1 Å². The van der Waals surface area contributed by atoms with Crippen LogP contribution in [0.15, 0.2) is 24.3 Å². The van der Waals surface area contributed by atoms with Gasteiger partial charge in [0.1, 0.15) is 12.3 Å². The average molecular weight is 262 g/mol. The molecule has 6 nitrogen and oxygen atoms in total. The van der Waals surface area contributed by atoms with Crippen LogP contribution in [0.25, 0.3) is 0 Å². The van der Waals surface area contributed by atoms with E-state index < -0.39 is 12.0 Å². The van der Waals surface area contributed by atoms with Crippen molar-refractivity contribution in [3.8, 4) is 0 Å². The van der Waals surface area contributed by atoms with Crippen molar-refractivity contribution >= 4 is 18.2 Å². The number of hydrogen-bond acceptors (Lipinski definition) is 4. The largest absolute Gasteiger partial charge is 0.480 e. The number of aldehydes is 1. The van der Waals surface area contributed by atoms with Crippen molar-refractivity contribution in [2.45, 2.75) is 6.04 Å². The molecule has 2 rings (SSSR count). The molecule has 0 saturated carbocycles. The second-order valence-corrected chi connectivity index (χ2v) is 4.34. The van der Waals surface area contributed by atoms with E-state index in [9.17, 15) is 14.4 Å². The summed E-state index contributed by atoms with van der Waals surface area (Å²) in [7, 11) is 0. The molecule has 6 heteroatoms. The van der Waals surface area contributed by atoms with E-state index in [0.717, 1.165) is 0 Å². The van der Waals surface area contributed by atoms with Crippen LogP contribution in [-0.2, 0) is 4.79 Å². The molecule has 2 N–H and O–H groups in total. The van der Waals surface area contributed by atoms with E-state index in [1.165, 1.54) is 11.0 Å². The molecule has 1 aliphatic rings. The molecule has 1 aromatic rings. The second kappa shape index (κ2) is 5.62. The molecule has 0 bridgehead atoms. The third-order valence-corrected chi connectivity index (χ3v) is 3.03. The number of carboxylic acid groups (broad SMARTS) is 1. The first-order valence-electron chi connectivity index (χ1n) is 5.92. The Bertz CT molecular complexity index is 515. The van der Waals surface area contributed by atoms with Gasteiger partial charge in [-0.25, -0.2) is 0 Å². The van der Waals surface area contributed by atoms with E-state index in [2.05, 4.69) is 5.32 Å². The minimum Gasteiger partial charge on any atom is -0.480 e. The molecule has 1 atom stereocenters. The van der Waals surface area contributed by atoms with Crippen LogP contribution in [0.5, 0.6) is 0 Å². The highest BCUT2D eigenvalue weighted by Crippen LogP contribution is 2.10. The van der Waals surface area contributed by atoms with Gasteiger partial charge < -0.3 is 15.3 Å². The summed E-state index contributed by atoms with van der Waals surface area (Å²) in [5.74, 6) is -1.23. The maximum atomic E-state index is 12.2. The zero-order valence-electron chi connectivity index (χ0n) is 10.2. The molecule has 19 heavy (non-hydrogen) atoms. The van der Waals surface area contributed by atoms with Crippen LogP contribution in [-0.4, -0.2) is 53.8 Å². The molecule has 1 aromatic carbocycles. The topological polar surface area (TPSA) is 86.7 Å². The summed E-state index contributed by atoms with van der Waals surface area (Å²) in [6.07, 6.45) is 0.675. The van der Waals surface area contributed by atoms with E-state index in [1.54, 1.807) is 18.2 Å². The maximum Gasteiger partial charge on any atom is 0.322 e. The first kappa shape index (κ1) is 13.2. The summed E-state index contributed by atoms with van der Waals surface area (Å²) in [5, 5.41) is 11.8. The number of amides is 1. The molecule has 1 unspecified atom stereocenters. The molecule has 1 heterocycles. The monoisotopic (exact) mass is 262 g/mol. The van der Waals surface area contributed by atoms with Crippen molar-refractivity contribution in [2.75, 3.05) is 19.6 Å². The van der Waals surface area contributed by atoms with Crippen LogP contribution in [0.3, 0.4) is 0 Å². The lowest BCUT2D eigenvalue weighted by Crippen LogP contribution is -2.55. The van der Waals surface area contributed by atoms with Crippen LogP contribution >= 0.6 is 0 Å². The van der Waals surface area contributed by atoms with Crippen molar-refractivity contribution in [1.82, 2.24) is 10.2 Å². The third kappa shape index (κ3) is 2.97. The normalized spacial score (nSPS) is 18.9. The molecule has 100 valence electrons. The van der Waals surface area contributed by atoms with Gasteiger partial charge in [-0.15, -0.1) is 0 Å². The van der Waals surface area contributed by atoms with Gasteiger partial charge in [0.2, 0.25) is 0 Å². The summed E-state index contributed by atoms with van der Waals surface area (Å²) in [5.41, 5.74) is 0.825. The lowest BCUT2D eigenvalue weighted by Gasteiger charge is -2.31. The summed E-state index contributed by atoms with van der Waals surface area (Å²) in [6, 6.07) is 5.63. The van der Waals surface area contributed by atoms with Gasteiger partial charge in [-0.2, -0.15) is 0 Å². The number of nitrogens with one attached hydrogen (secondary N) is 1. The Balaban J connectivity index is 2.14. The minimum atomic E-state index is -0.973. The zero-order chi connectivity index (χ0) is 13.8. The van der Waals surface area contributed by atoms with Crippen LogP contribution < -0.4 is 5.32 Å². The predicted octanol–water partition coefficient (Wildman–Crippen LogP) is -0.00230. The Kier molecular flexibility index (Phi) is 3.91. The third-order valence-electron chi connectivity index (χ3n) is 3.03. The molecule has 1 aliphatic heterocycles. The summed E-state index contributed by atoms with van der Waals surface area (Å²) < 4.78 is 0. The molecule has 1 saturated heterocycles. The fraction of sp³-hybridized carbons (Fsp3) is 0.308. The van der Waals surface area contributed by atoms with Gasteiger partial charge >= 0.3 is 5.97 Å². The average Bonchev–Trinajstić information content (AvgIpc) is 2.46. The molecule has 1 amide bonds. The number of rotatable bonds is 3. The van der Waals surface area contributed by atoms with Crippen LogP contribution in [0.2, 0.25) is 0 Å². The molecule has 0 spiro atoms. The number of hydrogen-bond donors (Lipinski definition) is 2. The Morgan fingerprint density at radius 3 is 2.89 bits per heavy atom. The van der Waals surface area contributed by atoms with Gasteiger partial charge in [-0.3, -0.25) is 14.4 Å². The van der Waals surface area contributed by atoms with Crippen LogP contribution in [0, 0.1) is 0 Å². The fourth-order valence-electron chi connectivity index (χ4n) is 2.03. The van der Waals surface area contributed by atoms with E-state index in [0.29, 0.717) is 30.5 Å². The van der Waals surface area contributed by atoms with Crippen molar-refractivity contribution in [1.29, 1.82) is 0 Å². The Morgan fingerprint density at radius 1 is 1.42 bits per heavy atom. The molecule has 0 radical (unpaired) electrons. The van der Waals surface area contributed by atoms with Crippen molar-refractivity contribution < 1.29 is 19.5 Å². The second-order valence-electron chi connectivity index (χ2n) is 4.34. The minimum absolute atomic E-state index is 0.124. The molecule has 0 aromatic heterocycles. The standard InChI is InChI=1S/C13H14N2O4/c16-8-9-2-1-3-10(6-9)12(17)15-5-4-14-11(7-15)13(18)19/h1-3,6,8,11,14H,4-5,7H2,(H,18,19). The Hall–Kier alpha value is -2.21. The highest BCUT2D eigenvalue weighted by atomic mass is 16.4. The lowest BCUT2D eigenvalue weighted by molar-refractivity contribution is -0.140. The SMILES string of the molecule is O=Cc1cccc(C(=O)N2CCNC(C(=O)O)C2)c1. The number of carbonyl (C=O) groups is 3. The summed E-state index contributed by atoms with van der Waals surface area (Å²) in [6.45, 7) is 1.02. The highest BCUT2D eigenvalue weighted by Gasteiger charge is 2.28. The van der Waals surface area contributed by atoms with E-state index in [4.69, 9.17) is 5.11 Å². The van der Waals surface area contributed by atoms with Gasteiger partial charge in [0.05, 0.1) is 0 Å². The fourth-order valence-corrected chi connectivity index (χ4v) is 2.03. The number of carboxylic acids is 1. The van der Waals surface area contributed by atoms with Crippen molar-refractivity contribution in [3.63, 3.8) is 0 Å². The molecular formula is C13H14N2O4. The Labute approximate surface area is 110 Å². The predicted molar refractivity (Wildman–Crippen MR) is 67.2 cm³/mol.